The second-order valence-corrected chi connectivity index (χ2v) is 8.19. The molecule has 1 aliphatic rings. The Bertz CT molecular complexity index is 751. The van der Waals surface area contributed by atoms with Gasteiger partial charge in [-0.15, -0.1) is 5.92 Å². The van der Waals surface area contributed by atoms with E-state index in [2.05, 4.69) is 11.8 Å². The lowest BCUT2D eigenvalue weighted by atomic mass is 9.96. The molecule has 1 unspecified atom stereocenters. The summed E-state index contributed by atoms with van der Waals surface area (Å²) in [5.74, 6) is 5.46. The van der Waals surface area contributed by atoms with E-state index in [0.717, 1.165) is 0 Å². The second-order valence-electron chi connectivity index (χ2n) is 6.02. The van der Waals surface area contributed by atoms with Crippen molar-refractivity contribution in [1.29, 1.82) is 0 Å². The van der Waals surface area contributed by atoms with Crippen LogP contribution in [0, 0.1) is 17.8 Å². The van der Waals surface area contributed by atoms with Crippen LogP contribution in [0.5, 0.6) is 5.75 Å². The molecule has 1 saturated heterocycles. The minimum Gasteiger partial charge on any atom is -0.481 e. The summed E-state index contributed by atoms with van der Waals surface area (Å²) in [7, 11) is -3.65. The summed E-state index contributed by atoms with van der Waals surface area (Å²) >= 11 is 0. The van der Waals surface area contributed by atoms with E-state index in [4.69, 9.17) is 14.2 Å². The molecule has 0 saturated carbocycles. The summed E-state index contributed by atoms with van der Waals surface area (Å²) < 4.78 is 42.0. The van der Waals surface area contributed by atoms with Crippen molar-refractivity contribution in [2.45, 2.75) is 36.8 Å². The van der Waals surface area contributed by atoms with Crippen LogP contribution in [0.1, 0.15) is 26.7 Å². The third kappa shape index (κ3) is 5.48. The van der Waals surface area contributed by atoms with E-state index in [1.54, 1.807) is 19.1 Å². The zero-order valence-corrected chi connectivity index (χ0v) is 15.9. The molecule has 0 N–H and O–H groups in total. The van der Waals surface area contributed by atoms with Gasteiger partial charge in [-0.1, -0.05) is 5.92 Å². The molecule has 0 spiro atoms. The molecule has 142 valence electrons. The van der Waals surface area contributed by atoms with E-state index in [1.807, 2.05) is 0 Å². The first-order valence-electron chi connectivity index (χ1n) is 8.52. The van der Waals surface area contributed by atoms with Crippen molar-refractivity contribution >= 4 is 15.8 Å². The minimum atomic E-state index is -3.65. The maximum absolute atomic E-state index is 13.1. The summed E-state index contributed by atoms with van der Waals surface area (Å²) in [5, 5.41) is -0.784. The second kappa shape index (κ2) is 9.60. The highest BCUT2D eigenvalue weighted by Crippen LogP contribution is 2.29. The average molecular weight is 380 g/mol. The van der Waals surface area contributed by atoms with Crippen LogP contribution in [0.3, 0.4) is 0 Å². The van der Waals surface area contributed by atoms with Crippen molar-refractivity contribution in [1.82, 2.24) is 0 Å². The predicted molar refractivity (Wildman–Crippen MR) is 96.5 cm³/mol. The van der Waals surface area contributed by atoms with Gasteiger partial charge in [0.05, 0.1) is 4.90 Å². The summed E-state index contributed by atoms with van der Waals surface area (Å²) in [5.41, 5.74) is 0. The van der Waals surface area contributed by atoms with E-state index >= 15 is 0 Å². The van der Waals surface area contributed by atoms with Gasteiger partial charge >= 0.3 is 5.97 Å². The van der Waals surface area contributed by atoms with Crippen LogP contribution in [0.2, 0.25) is 0 Å². The lowest BCUT2D eigenvalue weighted by molar-refractivity contribution is -0.141. The summed E-state index contributed by atoms with van der Waals surface area (Å²) in [6.07, 6.45) is 1.25. The largest absolute Gasteiger partial charge is 0.481 e. The first kappa shape index (κ1) is 20.3. The van der Waals surface area contributed by atoms with E-state index in [1.165, 1.54) is 19.1 Å². The molecule has 2 rings (SSSR count). The predicted octanol–water partition coefficient (Wildman–Crippen LogP) is 2.22. The van der Waals surface area contributed by atoms with Gasteiger partial charge in [-0.25, -0.2) is 8.42 Å². The number of rotatable bonds is 7. The van der Waals surface area contributed by atoms with Gasteiger partial charge in [-0.05, 0) is 49.9 Å². The van der Waals surface area contributed by atoms with E-state index in [0.29, 0.717) is 31.8 Å². The van der Waals surface area contributed by atoms with E-state index < -0.39 is 21.1 Å². The van der Waals surface area contributed by atoms with Gasteiger partial charge < -0.3 is 14.2 Å². The Morgan fingerprint density at radius 1 is 1.27 bits per heavy atom. The Balaban J connectivity index is 2.20. The first-order valence-corrected chi connectivity index (χ1v) is 10.1. The van der Waals surface area contributed by atoms with Crippen LogP contribution < -0.4 is 4.74 Å². The molecular formula is C19H24O6S. The SMILES string of the molecule is CC#CCOc1ccc(S(=O)(=O)C(COC(C)=O)C2CCOCC2)cc1. The smallest absolute Gasteiger partial charge is 0.302 e. The summed E-state index contributed by atoms with van der Waals surface area (Å²) in [4.78, 5) is 11.4. The van der Waals surface area contributed by atoms with Crippen LogP contribution in [0.15, 0.2) is 29.2 Å². The maximum Gasteiger partial charge on any atom is 0.302 e. The Labute approximate surface area is 154 Å². The molecule has 7 heteroatoms. The Hall–Kier alpha value is -2.04. The fourth-order valence-electron chi connectivity index (χ4n) is 2.86. The molecule has 0 radical (unpaired) electrons. The standard InChI is InChI=1S/C19H24O6S/c1-3-4-11-24-17-5-7-18(8-6-17)26(21,22)19(14-25-15(2)20)16-9-12-23-13-10-16/h5-8,16,19H,9-14H2,1-2H3. The van der Waals surface area contributed by atoms with Crippen molar-refractivity contribution in [3.63, 3.8) is 0 Å². The van der Waals surface area contributed by atoms with Crippen LogP contribution >= 0.6 is 0 Å². The molecule has 1 aromatic carbocycles. The van der Waals surface area contributed by atoms with Crippen LogP contribution in [0.4, 0.5) is 0 Å². The fourth-order valence-corrected chi connectivity index (χ4v) is 4.75. The number of ether oxygens (including phenoxy) is 3. The molecule has 0 bridgehead atoms. The number of sulfone groups is 1. The van der Waals surface area contributed by atoms with E-state index in [9.17, 15) is 13.2 Å². The van der Waals surface area contributed by atoms with Crippen molar-refractivity contribution in [3.05, 3.63) is 24.3 Å². The fraction of sp³-hybridized carbons (Fsp3) is 0.526. The molecule has 26 heavy (non-hydrogen) atoms. The third-order valence-corrected chi connectivity index (χ3v) is 6.53. The van der Waals surface area contributed by atoms with E-state index in [-0.39, 0.29) is 24.0 Å². The van der Waals surface area contributed by atoms with Gasteiger partial charge in [0.15, 0.2) is 9.84 Å². The minimum absolute atomic E-state index is 0.108. The molecule has 0 aliphatic carbocycles. The molecular weight excluding hydrogens is 356 g/mol. The quantitative estimate of drug-likeness (QED) is 0.533. The number of carbonyl (C=O) groups is 1. The monoisotopic (exact) mass is 380 g/mol. The maximum atomic E-state index is 13.1. The van der Waals surface area contributed by atoms with Gasteiger partial charge in [0.25, 0.3) is 0 Å². The zero-order valence-electron chi connectivity index (χ0n) is 15.1. The number of benzene rings is 1. The van der Waals surface area contributed by atoms with Gasteiger partial charge in [-0.2, -0.15) is 0 Å². The molecule has 1 aliphatic heterocycles. The van der Waals surface area contributed by atoms with Crippen molar-refractivity contribution in [2.24, 2.45) is 5.92 Å². The molecule has 0 aromatic heterocycles. The lowest BCUT2D eigenvalue weighted by Gasteiger charge is -2.29. The molecule has 1 fully saturated rings. The van der Waals surface area contributed by atoms with Crippen LogP contribution in [-0.2, 0) is 24.1 Å². The van der Waals surface area contributed by atoms with Crippen molar-refractivity contribution in [2.75, 3.05) is 26.4 Å². The van der Waals surface area contributed by atoms with Crippen molar-refractivity contribution < 1.29 is 27.4 Å². The van der Waals surface area contributed by atoms with Crippen LogP contribution in [-0.4, -0.2) is 46.1 Å². The Morgan fingerprint density at radius 2 is 1.92 bits per heavy atom. The lowest BCUT2D eigenvalue weighted by Crippen LogP contribution is -2.38. The highest BCUT2D eigenvalue weighted by Gasteiger charge is 2.36. The number of esters is 1. The van der Waals surface area contributed by atoms with Gasteiger partial charge in [0.1, 0.15) is 24.2 Å². The Morgan fingerprint density at radius 3 is 2.50 bits per heavy atom. The summed E-state index contributed by atoms with van der Waals surface area (Å²) in [6.45, 7) is 4.13. The number of hydrogen-bond acceptors (Lipinski definition) is 6. The molecule has 6 nitrogen and oxygen atoms in total. The molecule has 0 amide bonds. The normalized spacial score (nSPS) is 16.2. The highest BCUT2D eigenvalue weighted by atomic mass is 32.2. The Kier molecular flexibility index (Phi) is 7.49. The number of hydrogen-bond donors (Lipinski definition) is 0. The molecule has 1 heterocycles. The number of carbonyl (C=O) groups excluding carboxylic acids is 1. The van der Waals surface area contributed by atoms with Crippen molar-refractivity contribution in [3.8, 4) is 17.6 Å². The highest BCUT2D eigenvalue weighted by molar-refractivity contribution is 7.92. The van der Waals surface area contributed by atoms with Gasteiger partial charge in [-0.3, -0.25) is 4.79 Å². The van der Waals surface area contributed by atoms with Gasteiger partial charge in [0.2, 0.25) is 0 Å². The summed E-state index contributed by atoms with van der Waals surface area (Å²) in [6, 6.07) is 6.25. The third-order valence-electron chi connectivity index (χ3n) is 4.28. The average Bonchev–Trinajstić information content (AvgIpc) is 2.63. The van der Waals surface area contributed by atoms with Gasteiger partial charge in [0, 0.05) is 20.1 Å². The molecule has 1 aromatic rings. The van der Waals surface area contributed by atoms with Crippen LogP contribution in [0.25, 0.3) is 0 Å². The molecule has 1 atom stereocenters. The topological polar surface area (TPSA) is 78.9 Å². The first-order chi connectivity index (χ1) is 12.4. The zero-order chi connectivity index (χ0) is 19.0.